The minimum atomic E-state index is -0.982. The lowest BCUT2D eigenvalue weighted by Crippen LogP contribution is -2.32. The highest BCUT2D eigenvalue weighted by molar-refractivity contribution is 6.12. The van der Waals surface area contributed by atoms with Crippen LogP contribution in [0.2, 0.25) is 0 Å². The van der Waals surface area contributed by atoms with Crippen molar-refractivity contribution >= 4 is 47.6 Å². The fourth-order valence-electron chi connectivity index (χ4n) is 19.7. The fraction of sp³-hybridized carbons (Fsp3) is 0.662. The molecule has 24 atom stereocenters. The van der Waals surface area contributed by atoms with E-state index < -0.39 is 23.8 Å². The highest BCUT2D eigenvalue weighted by Crippen LogP contribution is 2.65. The number of amides is 2. The summed E-state index contributed by atoms with van der Waals surface area (Å²) < 4.78 is 14.3. The number of fused-ring (bicyclic) bond motifs is 25. The predicted molar refractivity (Wildman–Crippen MR) is 317 cm³/mol. The molecule has 16 aliphatic carbocycles. The molecule has 458 valence electrons. The third-order valence-corrected chi connectivity index (χ3v) is 23.5. The summed E-state index contributed by atoms with van der Waals surface area (Å²) in [7, 11) is 2.92. The van der Waals surface area contributed by atoms with E-state index in [2.05, 4.69) is 65.5 Å². The summed E-state index contributed by atoms with van der Waals surface area (Å²) in [4.78, 5) is 88.4. The number of hydrogen-bond acceptors (Lipinski definition) is 11. The van der Waals surface area contributed by atoms with Gasteiger partial charge in [0, 0.05) is 19.2 Å². The molecule has 2 aliphatic heterocycles. The Labute approximate surface area is 502 Å². The van der Waals surface area contributed by atoms with Crippen LogP contribution in [0.4, 0.5) is 0 Å². The van der Waals surface area contributed by atoms with Crippen molar-refractivity contribution in [2.75, 3.05) is 20.8 Å². The summed E-state index contributed by atoms with van der Waals surface area (Å²) in [5.41, 5.74) is 0. The minimum Gasteiger partial charge on any atom is -0.481 e. The number of esters is 4. The predicted octanol–water partition coefficient (Wildman–Crippen LogP) is 11.7. The summed E-state index contributed by atoms with van der Waals surface area (Å²) in [5, 5.41) is 17.7. The molecule has 10 fully saturated rings. The molecule has 2 amide bonds. The topological polar surface area (TPSA) is 208 Å². The lowest BCUT2D eigenvalue weighted by atomic mass is 9.73. The largest absolute Gasteiger partial charge is 0.481 e. The highest BCUT2D eigenvalue weighted by atomic mass is 16.6. The lowest BCUT2D eigenvalue weighted by Gasteiger charge is -2.32. The Hall–Kier alpha value is -5.92. The molecular formula is C71H91NO13. The average Bonchev–Trinajstić information content (AvgIpc) is 1.77. The van der Waals surface area contributed by atoms with Gasteiger partial charge in [-0.05, 0) is 235 Å². The second-order valence-corrected chi connectivity index (χ2v) is 27.8. The molecule has 9 saturated carbocycles. The van der Waals surface area contributed by atoms with Crippen LogP contribution in [-0.4, -0.2) is 83.5 Å². The first-order chi connectivity index (χ1) is 41.1. The van der Waals surface area contributed by atoms with Gasteiger partial charge in [-0.2, -0.15) is 0 Å². The number of imide groups is 1. The molecular weight excluding hydrogens is 1070 g/mol. The molecule has 14 heteroatoms. The van der Waals surface area contributed by atoms with Gasteiger partial charge in [0.25, 0.3) is 11.8 Å². The third-order valence-electron chi connectivity index (χ3n) is 23.5. The molecule has 0 radical (unpaired) electrons. The molecule has 18 rings (SSSR count). The Morgan fingerprint density at radius 1 is 0.506 bits per heavy atom. The average molecular weight is 1170 g/mol. The summed E-state index contributed by atoms with van der Waals surface area (Å²) in [6.07, 6.45) is 58.8. The minimum absolute atomic E-state index is 0.00866. The Balaban J connectivity index is 0.000000102. The van der Waals surface area contributed by atoms with Crippen LogP contribution >= 0.6 is 0 Å². The SMILES string of the molecule is C1=CC2CC1C1C3CCC(C3)C21.C1=CCC2C3CCC(C3)C2C1.C1=CCCCC1.CCOC(=O)C1CC2C=CC1C2.CN1C(=O)C=CC1=O.COC(=O)C1CC2C=CC1C2.O=C(O)C1C2C=CC(C2)C1C(=O)O.O=C1OC(=O)C2C3C=CC(C3)C12. The number of carbonyl (C=O) groups is 8. The number of nitrogens with zero attached hydrogens (tertiary/aromatic N) is 1. The number of allylic oxidation sites excluding steroid dienone is 14. The molecule has 0 aromatic heterocycles. The number of cyclic esters (lactones) is 2. The van der Waals surface area contributed by atoms with E-state index in [1.807, 2.05) is 31.2 Å². The molecule has 85 heavy (non-hydrogen) atoms. The fourth-order valence-corrected chi connectivity index (χ4v) is 19.7. The maximum Gasteiger partial charge on any atom is 0.318 e. The van der Waals surface area contributed by atoms with Crippen molar-refractivity contribution in [3.8, 4) is 0 Å². The van der Waals surface area contributed by atoms with Gasteiger partial charge in [0.1, 0.15) is 0 Å². The summed E-state index contributed by atoms with van der Waals surface area (Å²) >= 11 is 0. The maximum atomic E-state index is 11.4. The van der Waals surface area contributed by atoms with Gasteiger partial charge in [0.15, 0.2) is 0 Å². The standard InChI is InChI=1S/C12H16.C11H16.C10H14O2.C9H10O4.C9H8O3.C9H12O2.C6H10.C5H5NO2/c1-2-8-5-7(1)11-9-3-4-10(6-9)12(8)11;1-2-4-11-9-6-5-8(7-9)10(11)3-1;1-2-12-10(11)9-6-7-3-4-8(9)5-7;10-8(11)6-4-1-2-5(3-4)7(6)9(12)13;10-8-6-4-1-2-5(3-4)7(6)9(11)12-8;1-11-9(10)8-5-6-2-3-7(8)4-6;1-2-4-6-5-3-1;1-6-4(7)2-3-5(6)8/h1-2,7-12H,3-6H2;1-2,8-11H,3-7H2;3-4,7-9H,2,5-6H2,1H3;1-2,4-7H,3H2,(H,10,11)(H,12,13);1-2,4-7H,3H2;2-3,6-8H,4-5H2,1H3;1-2H,3-6H2;2-3H,1H3. The first-order valence-electron chi connectivity index (χ1n) is 32.8. The number of carboxylic acid groups (broad SMARTS) is 2. The van der Waals surface area contributed by atoms with Gasteiger partial charge in [-0.1, -0.05) is 85.1 Å². The third kappa shape index (κ3) is 12.8. The molecule has 2 heterocycles. The molecule has 24 unspecified atom stereocenters. The number of carboxylic acids is 2. The molecule has 0 aromatic carbocycles. The second-order valence-electron chi connectivity index (χ2n) is 27.8. The van der Waals surface area contributed by atoms with Gasteiger partial charge >= 0.3 is 35.8 Å². The van der Waals surface area contributed by atoms with Crippen molar-refractivity contribution in [1.82, 2.24) is 4.90 Å². The van der Waals surface area contributed by atoms with E-state index >= 15 is 0 Å². The molecule has 14 nitrogen and oxygen atoms in total. The number of aliphatic carboxylic acids is 2. The number of carbonyl (C=O) groups excluding carboxylic acids is 6. The van der Waals surface area contributed by atoms with Crippen molar-refractivity contribution in [2.24, 2.45) is 142 Å². The Kier molecular flexibility index (Phi) is 19.0. The first-order valence-corrected chi connectivity index (χ1v) is 32.8. The molecule has 1 saturated heterocycles. The van der Waals surface area contributed by atoms with Crippen molar-refractivity contribution in [2.45, 2.75) is 129 Å². The lowest BCUT2D eigenvalue weighted by molar-refractivity contribution is -0.155. The molecule has 14 bridgehead atoms. The molecule has 0 aromatic rings. The van der Waals surface area contributed by atoms with Gasteiger partial charge in [0.2, 0.25) is 0 Å². The van der Waals surface area contributed by atoms with Crippen LogP contribution in [0.3, 0.4) is 0 Å². The van der Waals surface area contributed by atoms with Crippen LogP contribution in [-0.2, 0) is 52.6 Å². The summed E-state index contributed by atoms with van der Waals surface area (Å²) in [5.74, 6) is 9.37. The molecule has 0 spiro atoms. The van der Waals surface area contributed by atoms with Crippen molar-refractivity contribution in [1.29, 1.82) is 0 Å². The van der Waals surface area contributed by atoms with Gasteiger partial charge in [0.05, 0.1) is 49.2 Å². The zero-order chi connectivity index (χ0) is 59.6. The van der Waals surface area contributed by atoms with Crippen LogP contribution in [0.15, 0.2) is 97.2 Å². The zero-order valence-corrected chi connectivity index (χ0v) is 50.1. The van der Waals surface area contributed by atoms with Crippen LogP contribution in [0.1, 0.15) is 129 Å². The van der Waals surface area contributed by atoms with E-state index in [0.717, 1.165) is 83.3 Å². The number of ether oxygens (including phenoxy) is 3. The van der Waals surface area contributed by atoms with Crippen molar-refractivity contribution in [3.05, 3.63) is 97.2 Å². The van der Waals surface area contributed by atoms with Crippen LogP contribution in [0.25, 0.3) is 0 Å². The quantitative estimate of drug-likeness (QED) is 0.0657. The van der Waals surface area contributed by atoms with E-state index in [4.69, 9.17) is 19.7 Å². The van der Waals surface area contributed by atoms with Crippen molar-refractivity contribution in [3.63, 3.8) is 0 Å². The van der Waals surface area contributed by atoms with E-state index in [9.17, 15) is 38.4 Å². The number of hydrogen-bond donors (Lipinski definition) is 2. The molecule has 18 aliphatic rings. The van der Waals surface area contributed by atoms with Crippen molar-refractivity contribution < 1.29 is 62.8 Å². The normalized spacial score (nSPS) is 42.7. The highest BCUT2D eigenvalue weighted by Gasteiger charge is 2.59. The van der Waals surface area contributed by atoms with Gasteiger partial charge in [-0.3, -0.25) is 43.3 Å². The van der Waals surface area contributed by atoms with E-state index in [-0.39, 0.29) is 83.0 Å². The number of likely N-dealkylation sites (N-methyl/N-ethyl adjacent to an activating group) is 1. The molecule has 2 N–H and O–H groups in total. The van der Waals surface area contributed by atoms with Gasteiger partial charge in [-0.25, -0.2) is 0 Å². The monoisotopic (exact) mass is 1170 g/mol. The summed E-state index contributed by atoms with van der Waals surface area (Å²) in [6, 6.07) is 0. The smallest absolute Gasteiger partial charge is 0.318 e. The van der Waals surface area contributed by atoms with Gasteiger partial charge < -0.3 is 24.4 Å². The zero-order valence-electron chi connectivity index (χ0n) is 50.1. The Bertz CT molecular complexity index is 2670. The van der Waals surface area contributed by atoms with Gasteiger partial charge in [-0.15, -0.1) is 0 Å². The van der Waals surface area contributed by atoms with E-state index in [1.54, 1.807) is 38.5 Å². The second kappa shape index (κ2) is 26.6. The van der Waals surface area contributed by atoms with E-state index in [0.29, 0.717) is 36.7 Å². The summed E-state index contributed by atoms with van der Waals surface area (Å²) in [6.45, 7) is 2.37. The van der Waals surface area contributed by atoms with Crippen LogP contribution < -0.4 is 0 Å². The number of methoxy groups -OCH3 is 1. The van der Waals surface area contributed by atoms with Crippen LogP contribution in [0, 0.1) is 142 Å². The van der Waals surface area contributed by atoms with E-state index in [1.165, 1.54) is 84.1 Å². The number of rotatable bonds is 5. The Morgan fingerprint density at radius 3 is 1.31 bits per heavy atom. The maximum absolute atomic E-state index is 11.4. The first kappa shape index (κ1) is 60.8. The Morgan fingerprint density at radius 2 is 0.918 bits per heavy atom. The van der Waals surface area contributed by atoms with Crippen LogP contribution in [0.5, 0.6) is 0 Å².